The van der Waals surface area contributed by atoms with Crippen molar-refractivity contribution < 1.29 is 4.74 Å². The van der Waals surface area contributed by atoms with Crippen LogP contribution in [0.2, 0.25) is 0 Å². The van der Waals surface area contributed by atoms with Gasteiger partial charge in [-0.15, -0.1) is 0 Å². The third kappa shape index (κ3) is 3.16. The van der Waals surface area contributed by atoms with E-state index in [0.717, 1.165) is 32.8 Å². The standard InChI is InChI=1S/C12H26N2O/c1-10(2)11(3,4)6-14-7-12(5-13)8-15-9-12/h10,14H,5-9,13H2,1-4H3. The number of rotatable bonds is 6. The van der Waals surface area contributed by atoms with Crippen molar-refractivity contribution in [2.75, 3.05) is 32.8 Å². The van der Waals surface area contributed by atoms with Crippen LogP contribution in [0.5, 0.6) is 0 Å². The van der Waals surface area contributed by atoms with Gasteiger partial charge in [0.1, 0.15) is 0 Å². The average Bonchev–Trinajstić information content (AvgIpc) is 2.09. The fourth-order valence-electron chi connectivity index (χ4n) is 1.54. The molecule has 0 aliphatic carbocycles. The Kier molecular flexibility index (Phi) is 4.15. The zero-order valence-corrected chi connectivity index (χ0v) is 10.6. The Hall–Kier alpha value is -0.120. The average molecular weight is 214 g/mol. The van der Waals surface area contributed by atoms with E-state index in [2.05, 4.69) is 33.0 Å². The topological polar surface area (TPSA) is 47.3 Å². The van der Waals surface area contributed by atoms with Crippen LogP contribution in [0.1, 0.15) is 27.7 Å². The van der Waals surface area contributed by atoms with Gasteiger partial charge in [0.05, 0.1) is 13.2 Å². The summed E-state index contributed by atoms with van der Waals surface area (Å²) in [7, 11) is 0. The summed E-state index contributed by atoms with van der Waals surface area (Å²) in [6, 6.07) is 0. The third-order valence-electron chi connectivity index (χ3n) is 3.89. The van der Waals surface area contributed by atoms with E-state index in [1.165, 1.54) is 0 Å². The van der Waals surface area contributed by atoms with Gasteiger partial charge in [-0.1, -0.05) is 27.7 Å². The Bertz CT molecular complexity index is 190. The van der Waals surface area contributed by atoms with Crippen molar-refractivity contribution in [3.63, 3.8) is 0 Å². The van der Waals surface area contributed by atoms with E-state index in [4.69, 9.17) is 10.5 Å². The molecule has 0 spiro atoms. The molecule has 0 bridgehead atoms. The highest BCUT2D eigenvalue weighted by Crippen LogP contribution is 2.27. The van der Waals surface area contributed by atoms with Crippen LogP contribution in [-0.4, -0.2) is 32.8 Å². The second-order valence-electron chi connectivity index (χ2n) is 5.94. The van der Waals surface area contributed by atoms with Gasteiger partial charge >= 0.3 is 0 Å². The maximum atomic E-state index is 5.76. The Morgan fingerprint density at radius 3 is 2.33 bits per heavy atom. The molecule has 0 unspecified atom stereocenters. The van der Waals surface area contributed by atoms with Crippen LogP contribution < -0.4 is 11.1 Å². The zero-order chi connectivity index (χ0) is 11.5. The van der Waals surface area contributed by atoms with Crippen LogP contribution in [0, 0.1) is 16.7 Å². The smallest absolute Gasteiger partial charge is 0.0569 e. The van der Waals surface area contributed by atoms with E-state index >= 15 is 0 Å². The first-order valence-corrected chi connectivity index (χ1v) is 5.90. The van der Waals surface area contributed by atoms with Crippen molar-refractivity contribution in [2.24, 2.45) is 22.5 Å². The van der Waals surface area contributed by atoms with Crippen molar-refractivity contribution in [1.29, 1.82) is 0 Å². The molecule has 0 saturated carbocycles. The van der Waals surface area contributed by atoms with Gasteiger partial charge in [-0.3, -0.25) is 0 Å². The van der Waals surface area contributed by atoms with Crippen LogP contribution in [0.25, 0.3) is 0 Å². The van der Waals surface area contributed by atoms with Crippen LogP contribution >= 0.6 is 0 Å². The largest absolute Gasteiger partial charge is 0.380 e. The van der Waals surface area contributed by atoms with Gasteiger partial charge in [-0.05, 0) is 11.3 Å². The maximum absolute atomic E-state index is 5.76. The summed E-state index contributed by atoms with van der Waals surface area (Å²) in [6.07, 6.45) is 0. The monoisotopic (exact) mass is 214 g/mol. The molecule has 1 rings (SSSR count). The van der Waals surface area contributed by atoms with Crippen molar-refractivity contribution in [3.05, 3.63) is 0 Å². The summed E-state index contributed by atoms with van der Waals surface area (Å²) in [5.74, 6) is 0.691. The Balaban J connectivity index is 2.26. The second kappa shape index (κ2) is 4.81. The van der Waals surface area contributed by atoms with E-state index < -0.39 is 0 Å². The third-order valence-corrected chi connectivity index (χ3v) is 3.89. The Labute approximate surface area is 93.8 Å². The highest BCUT2D eigenvalue weighted by Gasteiger charge is 2.37. The summed E-state index contributed by atoms with van der Waals surface area (Å²) < 4.78 is 5.24. The van der Waals surface area contributed by atoms with Gasteiger partial charge in [0, 0.05) is 25.0 Å². The number of hydrogen-bond acceptors (Lipinski definition) is 3. The lowest BCUT2D eigenvalue weighted by Crippen LogP contribution is -2.55. The molecular formula is C12H26N2O. The second-order valence-corrected chi connectivity index (χ2v) is 5.94. The van der Waals surface area contributed by atoms with Crippen LogP contribution in [-0.2, 0) is 4.74 Å². The van der Waals surface area contributed by atoms with Gasteiger partial charge in [0.15, 0.2) is 0 Å². The molecule has 1 heterocycles. The van der Waals surface area contributed by atoms with E-state index in [1.54, 1.807) is 0 Å². The van der Waals surface area contributed by atoms with Crippen molar-refractivity contribution >= 4 is 0 Å². The van der Waals surface area contributed by atoms with Crippen LogP contribution in [0.3, 0.4) is 0 Å². The van der Waals surface area contributed by atoms with Gasteiger partial charge in [-0.25, -0.2) is 0 Å². The molecule has 1 saturated heterocycles. The minimum absolute atomic E-state index is 0.215. The van der Waals surface area contributed by atoms with Crippen molar-refractivity contribution in [2.45, 2.75) is 27.7 Å². The van der Waals surface area contributed by atoms with Crippen molar-refractivity contribution in [1.82, 2.24) is 5.32 Å². The van der Waals surface area contributed by atoms with Crippen LogP contribution in [0.15, 0.2) is 0 Å². The predicted molar refractivity (Wildman–Crippen MR) is 63.8 cm³/mol. The first-order valence-electron chi connectivity index (χ1n) is 5.90. The maximum Gasteiger partial charge on any atom is 0.0569 e. The molecule has 0 amide bonds. The fourth-order valence-corrected chi connectivity index (χ4v) is 1.54. The number of ether oxygens (including phenoxy) is 1. The molecule has 3 N–H and O–H groups in total. The van der Waals surface area contributed by atoms with Gasteiger partial charge in [-0.2, -0.15) is 0 Å². The molecule has 0 aromatic rings. The summed E-state index contributed by atoms with van der Waals surface area (Å²) in [6.45, 7) is 13.5. The zero-order valence-electron chi connectivity index (χ0n) is 10.6. The normalized spacial score (nSPS) is 20.4. The predicted octanol–water partition coefficient (Wildman–Crippen LogP) is 1.23. The lowest BCUT2D eigenvalue weighted by molar-refractivity contribution is -0.105. The minimum atomic E-state index is 0.215. The first-order chi connectivity index (χ1) is 6.92. The molecule has 0 aromatic carbocycles. The molecule has 1 fully saturated rings. The molecule has 3 nitrogen and oxygen atoms in total. The van der Waals surface area contributed by atoms with E-state index in [1.807, 2.05) is 0 Å². The fraction of sp³-hybridized carbons (Fsp3) is 1.00. The molecule has 0 atom stereocenters. The summed E-state index contributed by atoms with van der Waals surface area (Å²) in [5.41, 5.74) is 6.32. The van der Waals surface area contributed by atoms with Crippen molar-refractivity contribution in [3.8, 4) is 0 Å². The van der Waals surface area contributed by atoms with E-state index in [9.17, 15) is 0 Å². The number of nitrogens with one attached hydrogen (secondary N) is 1. The lowest BCUT2D eigenvalue weighted by atomic mass is 9.80. The highest BCUT2D eigenvalue weighted by molar-refractivity contribution is 4.89. The number of nitrogens with two attached hydrogens (primary N) is 1. The molecule has 15 heavy (non-hydrogen) atoms. The lowest BCUT2D eigenvalue weighted by Gasteiger charge is -2.41. The van der Waals surface area contributed by atoms with E-state index in [0.29, 0.717) is 11.3 Å². The molecule has 1 aliphatic rings. The molecular weight excluding hydrogens is 188 g/mol. The molecule has 0 radical (unpaired) electrons. The number of hydrogen-bond donors (Lipinski definition) is 2. The molecule has 90 valence electrons. The Morgan fingerprint density at radius 1 is 1.40 bits per heavy atom. The molecule has 0 aromatic heterocycles. The first kappa shape index (κ1) is 12.9. The van der Waals surface area contributed by atoms with Gasteiger partial charge < -0.3 is 15.8 Å². The van der Waals surface area contributed by atoms with Crippen LogP contribution in [0.4, 0.5) is 0 Å². The summed E-state index contributed by atoms with van der Waals surface area (Å²) in [5, 5.41) is 3.54. The van der Waals surface area contributed by atoms with E-state index in [-0.39, 0.29) is 5.41 Å². The van der Waals surface area contributed by atoms with Gasteiger partial charge in [0.2, 0.25) is 0 Å². The summed E-state index contributed by atoms with van der Waals surface area (Å²) in [4.78, 5) is 0. The molecule has 1 aliphatic heterocycles. The SMILES string of the molecule is CC(C)C(C)(C)CNCC1(CN)COC1. The van der Waals surface area contributed by atoms with Gasteiger partial charge in [0.25, 0.3) is 0 Å². The summed E-state index contributed by atoms with van der Waals surface area (Å²) >= 11 is 0. The Morgan fingerprint density at radius 2 is 2.00 bits per heavy atom. The minimum Gasteiger partial charge on any atom is -0.380 e. The molecule has 3 heteroatoms. The quantitative estimate of drug-likeness (QED) is 0.699. The highest BCUT2D eigenvalue weighted by atomic mass is 16.5.